The molecule has 0 unspecified atom stereocenters. The van der Waals surface area contributed by atoms with Gasteiger partial charge in [0.15, 0.2) is 22.5 Å². The van der Waals surface area contributed by atoms with Crippen molar-refractivity contribution in [3.05, 3.63) is 77.9 Å². The van der Waals surface area contributed by atoms with Crippen molar-refractivity contribution in [2.24, 2.45) is 5.10 Å². The molecule has 10 heteroatoms. The average Bonchev–Trinajstić information content (AvgIpc) is 3.36. The summed E-state index contributed by atoms with van der Waals surface area (Å²) in [5.74, 6) is 1.38. The van der Waals surface area contributed by atoms with Crippen molar-refractivity contribution in [2.45, 2.75) is 31.3 Å². The highest BCUT2D eigenvalue weighted by molar-refractivity contribution is 7.99. The number of thioether (sulfide) groups is 1. The first-order chi connectivity index (χ1) is 18.7. The summed E-state index contributed by atoms with van der Waals surface area (Å²) in [5, 5.41) is 23.5. The topological polar surface area (TPSA) is 111 Å². The van der Waals surface area contributed by atoms with Gasteiger partial charge in [0, 0.05) is 16.8 Å². The van der Waals surface area contributed by atoms with E-state index in [2.05, 4.69) is 53.6 Å². The van der Waals surface area contributed by atoms with Gasteiger partial charge >= 0.3 is 0 Å². The lowest BCUT2D eigenvalue weighted by Gasteiger charge is -2.19. The summed E-state index contributed by atoms with van der Waals surface area (Å²) in [5.41, 5.74) is 5.90. The minimum atomic E-state index is -0.334. The van der Waals surface area contributed by atoms with Gasteiger partial charge in [-0.15, -0.1) is 10.2 Å². The van der Waals surface area contributed by atoms with Gasteiger partial charge in [0.1, 0.15) is 5.75 Å². The van der Waals surface area contributed by atoms with Crippen LogP contribution in [0.3, 0.4) is 0 Å². The number of aromatic hydroxyl groups is 1. The summed E-state index contributed by atoms with van der Waals surface area (Å²) in [4.78, 5) is 12.5. The molecule has 2 N–H and O–H groups in total. The largest absolute Gasteiger partial charge is 0.504 e. The number of carbonyl (C=O) groups excluding carboxylic acids is 1. The molecule has 1 heterocycles. The number of hydrogen-bond acceptors (Lipinski definition) is 8. The summed E-state index contributed by atoms with van der Waals surface area (Å²) in [6.45, 7) is 6.52. The zero-order valence-electron chi connectivity index (χ0n) is 22.5. The van der Waals surface area contributed by atoms with E-state index in [1.807, 2.05) is 41.0 Å². The van der Waals surface area contributed by atoms with E-state index >= 15 is 0 Å². The van der Waals surface area contributed by atoms with Gasteiger partial charge in [-0.3, -0.25) is 9.36 Å². The number of nitrogens with zero attached hydrogens (tertiary/aromatic N) is 4. The first kappa shape index (κ1) is 27.7. The fourth-order valence-corrected chi connectivity index (χ4v) is 4.52. The lowest BCUT2D eigenvalue weighted by molar-refractivity contribution is -0.118. The van der Waals surface area contributed by atoms with Gasteiger partial charge in [0.05, 0.1) is 26.2 Å². The van der Waals surface area contributed by atoms with Gasteiger partial charge in [-0.25, -0.2) is 5.43 Å². The number of ether oxygens (including phenoxy) is 2. The molecule has 0 atom stereocenters. The molecule has 0 bridgehead atoms. The molecule has 0 saturated carbocycles. The van der Waals surface area contributed by atoms with Crippen LogP contribution in [-0.4, -0.2) is 52.0 Å². The summed E-state index contributed by atoms with van der Waals surface area (Å²) in [6.07, 6.45) is 1.36. The highest BCUT2D eigenvalue weighted by atomic mass is 32.2. The van der Waals surface area contributed by atoms with Crippen molar-refractivity contribution in [2.75, 3.05) is 20.0 Å². The fraction of sp³-hybridized carbons (Fsp3) is 0.241. The van der Waals surface area contributed by atoms with E-state index in [-0.39, 0.29) is 22.8 Å². The Kier molecular flexibility index (Phi) is 8.55. The third-order valence-corrected chi connectivity index (χ3v) is 6.88. The number of methoxy groups -OCH3 is 2. The molecule has 0 radical (unpaired) electrons. The highest BCUT2D eigenvalue weighted by Crippen LogP contribution is 2.31. The molecule has 1 aromatic heterocycles. The molecule has 0 fully saturated rings. The Morgan fingerprint density at radius 2 is 1.74 bits per heavy atom. The molecule has 0 aliphatic carbocycles. The van der Waals surface area contributed by atoms with E-state index in [0.717, 1.165) is 17.0 Å². The van der Waals surface area contributed by atoms with Gasteiger partial charge in [-0.05, 0) is 47.4 Å². The van der Waals surface area contributed by atoms with E-state index in [1.165, 1.54) is 30.6 Å². The average molecular weight is 546 g/mol. The van der Waals surface area contributed by atoms with Gasteiger partial charge in [-0.2, -0.15) is 5.10 Å². The maximum Gasteiger partial charge on any atom is 0.250 e. The van der Waals surface area contributed by atoms with Crippen LogP contribution in [-0.2, 0) is 10.2 Å². The van der Waals surface area contributed by atoms with Crippen LogP contribution in [0.4, 0.5) is 0 Å². The number of benzene rings is 3. The molecule has 3 aromatic carbocycles. The second-order valence-corrected chi connectivity index (χ2v) is 10.6. The lowest BCUT2D eigenvalue weighted by Crippen LogP contribution is -2.20. The van der Waals surface area contributed by atoms with Crippen LogP contribution in [0.2, 0.25) is 0 Å². The first-order valence-electron chi connectivity index (χ1n) is 12.2. The van der Waals surface area contributed by atoms with Crippen LogP contribution in [0.25, 0.3) is 17.1 Å². The molecule has 0 aliphatic rings. The van der Waals surface area contributed by atoms with Gasteiger partial charge < -0.3 is 14.6 Å². The van der Waals surface area contributed by atoms with Gasteiger partial charge in [-0.1, -0.05) is 62.9 Å². The van der Waals surface area contributed by atoms with Gasteiger partial charge in [0.2, 0.25) is 0 Å². The van der Waals surface area contributed by atoms with Crippen molar-refractivity contribution >= 4 is 23.9 Å². The van der Waals surface area contributed by atoms with E-state index in [0.29, 0.717) is 22.3 Å². The van der Waals surface area contributed by atoms with Crippen molar-refractivity contribution in [1.29, 1.82) is 0 Å². The third-order valence-electron chi connectivity index (χ3n) is 5.95. The Morgan fingerprint density at radius 1 is 1.03 bits per heavy atom. The summed E-state index contributed by atoms with van der Waals surface area (Å²) in [7, 11) is 3.08. The molecule has 39 heavy (non-hydrogen) atoms. The molecule has 0 spiro atoms. The molecule has 0 aliphatic heterocycles. The standard InChI is InChI=1S/C29H31N5O4S/c1-29(2,3)21-11-9-19(10-12-21)27-32-33-28(34(27)22-13-15-23(37-4)16-14-22)39-18-25(35)31-30-17-20-7-6-8-24(38-5)26(20)36/h6-17,36H,18H2,1-5H3,(H,31,35)/b30-17+. The molecule has 9 nitrogen and oxygen atoms in total. The molecule has 4 aromatic rings. The van der Waals surface area contributed by atoms with Crippen molar-refractivity contribution in [3.8, 4) is 34.3 Å². The summed E-state index contributed by atoms with van der Waals surface area (Å²) >= 11 is 1.24. The van der Waals surface area contributed by atoms with Crippen LogP contribution in [0.15, 0.2) is 77.0 Å². The van der Waals surface area contributed by atoms with Crippen molar-refractivity contribution < 1.29 is 19.4 Å². The monoisotopic (exact) mass is 545 g/mol. The van der Waals surface area contributed by atoms with Crippen molar-refractivity contribution in [1.82, 2.24) is 20.2 Å². The Morgan fingerprint density at radius 3 is 2.38 bits per heavy atom. The summed E-state index contributed by atoms with van der Waals surface area (Å²) < 4.78 is 12.3. The quantitative estimate of drug-likeness (QED) is 0.169. The second kappa shape index (κ2) is 12.0. The van der Waals surface area contributed by atoms with E-state index in [1.54, 1.807) is 25.3 Å². The molecular weight excluding hydrogens is 514 g/mol. The van der Waals surface area contributed by atoms with Crippen molar-refractivity contribution in [3.63, 3.8) is 0 Å². The van der Waals surface area contributed by atoms with Gasteiger partial charge in [0.25, 0.3) is 5.91 Å². The zero-order valence-corrected chi connectivity index (χ0v) is 23.3. The third kappa shape index (κ3) is 6.58. The number of aromatic nitrogens is 3. The molecule has 202 valence electrons. The second-order valence-electron chi connectivity index (χ2n) is 9.65. The minimum absolute atomic E-state index is 0.0321. The molecule has 0 saturated heterocycles. The molecule has 1 amide bonds. The van der Waals surface area contributed by atoms with E-state index in [4.69, 9.17) is 9.47 Å². The Balaban J connectivity index is 1.54. The van der Waals surface area contributed by atoms with Crippen LogP contribution in [0.1, 0.15) is 31.9 Å². The van der Waals surface area contributed by atoms with E-state index in [9.17, 15) is 9.90 Å². The number of amides is 1. The van der Waals surface area contributed by atoms with Crippen LogP contribution in [0, 0.1) is 0 Å². The minimum Gasteiger partial charge on any atom is -0.504 e. The SMILES string of the molecule is COc1ccc(-n2c(SCC(=O)N/N=C/c3cccc(OC)c3O)nnc2-c2ccc(C(C)(C)C)cc2)cc1. The first-order valence-corrected chi connectivity index (χ1v) is 13.2. The highest BCUT2D eigenvalue weighted by Gasteiger charge is 2.19. The predicted octanol–water partition coefficient (Wildman–Crippen LogP) is 5.20. The fourth-order valence-electron chi connectivity index (χ4n) is 3.78. The van der Waals surface area contributed by atoms with Crippen LogP contribution < -0.4 is 14.9 Å². The number of hydrazone groups is 1. The maximum absolute atomic E-state index is 12.5. The number of para-hydroxylation sites is 1. The maximum atomic E-state index is 12.5. The number of rotatable bonds is 9. The zero-order chi connectivity index (χ0) is 28.0. The number of nitrogens with one attached hydrogen (secondary N) is 1. The number of phenolic OH excluding ortho intramolecular Hbond substituents is 1. The predicted molar refractivity (Wildman–Crippen MR) is 153 cm³/mol. The Hall–Kier alpha value is -4.31. The normalized spacial score (nSPS) is 11.5. The van der Waals surface area contributed by atoms with E-state index < -0.39 is 0 Å². The Labute approximate surface area is 231 Å². The Bertz CT molecular complexity index is 1460. The number of hydrogen-bond donors (Lipinski definition) is 2. The molecular formula is C29H31N5O4S. The lowest BCUT2D eigenvalue weighted by atomic mass is 9.87. The van der Waals surface area contributed by atoms with Crippen LogP contribution in [0.5, 0.6) is 17.2 Å². The smallest absolute Gasteiger partial charge is 0.250 e. The number of carbonyl (C=O) groups is 1. The number of phenols is 1. The molecule has 4 rings (SSSR count). The van der Waals surface area contributed by atoms with Crippen LogP contribution >= 0.6 is 11.8 Å². The summed E-state index contributed by atoms with van der Waals surface area (Å²) in [6, 6.07) is 20.9.